The van der Waals surface area contributed by atoms with Crippen LogP contribution in [0.25, 0.3) is 0 Å². The summed E-state index contributed by atoms with van der Waals surface area (Å²) >= 11 is 0. The van der Waals surface area contributed by atoms with Gasteiger partial charge in [-0.25, -0.2) is 8.42 Å². The molecule has 2 aliphatic heterocycles. The maximum absolute atomic E-state index is 12.8. The lowest BCUT2D eigenvalue weighted by molar-refractivity contribution is -0.122. The van der Waals surface area contributed by atoms with Crippen molar-refractivity contribution in [3.05, 3.63) is 23.8 Å². The van der Waals surface area contributed by atoms with Gasteiger partial charge in [0.15, 0.2) is 0 Å². The van der Waals surface area contributed by atoms with Crippen molar-refractivity contribution < 1.29 is 17.9 Å². The Hall–Kier alpha value is -1.44. The molecule has 6 nitrogen and oxygen atoms in total. The first-order chi connectivity index (χ1) is 13.0. The Bertz CT molecular complexity index is 768. The summed E-state index contributed by atoms with van der Waals surface area (Å²) in [6, 6.07) is 5.18. The number of benzene rings is 1. The highest BCUT2D eigenvalue weighted by molar-refractivity contribution is 7.89. The third kappa shape index (κ3) is 4.36. The second kappa shape index (κ2) is 8.71. The minimum absolute atomic E-state index is 0.0129. The molecular formula is C20H30N2O4S. The number of nitrogens with zero attached hydrogens (tertiary/aromatic N) is 2. The molecule has 1 atom stereocenters. The molecule has 27 heavy (non-hydrogen) atoms. The zero-order chi connectivity index (χ0) is 19.4. The number of hydrogen-bond donors (Lipinski definition) is 0. The lowest BCUT2D eigenvalue weighted by atomic mass is 10.00. The van der Waals surface area contributed by atoms with Crippen LogP contribution < -0.4 is 4.90 Å². The van der Waals surface area contributed by atoms with Gasteiger partial charge in [0.05, 0.1) is 17.4 Å². The Morgan fingerprint density at radius 2 is 2.00 bits per heavy atom. The third-order valence-electron chi connectivity index (χ3n) is 5.49. The zero-order valence-corrected chi connectivity index (χ0v) is 17.1. The predicted octanol–water partition coefficient (Wildman–Crippen LogP) is 2.96. The van der Waals surface area contributed by atoms with Crippen molar-refractivity contribution in [2.45, 2.75) is 63.4 Å². The number of fused-ring (bicyclic) bond motifs is 1. The summed E-state index contributed by atoms with van der Waals surface area (Å²) in [5, 5.41) is 0. The number of aryl methyl sites for hydroxylation is 1. The van der Waals surface area contributed by atoms with Crippen molar-refractivity contribution in [1.82, 2.24) is 4.31 Å². The molecule has 1 amide bonds. The van der Waals surface area contributed by atoms with Gasteiger partial charge in [0.2, 0.25) is 15.9 Å². The zero-order valence-electron chi connectivity index (χ0n) is 16.3. The summed E-state index contributed by atoms with van der Waals surface area (Å²) in [5.74, 6) is 0.0715. The average Bonchev–Trinajstić information content (AvgIpc) is 2.68. The van der Waals surface area contributed by atoms with Gasteiger partial charge < -0.3 is 9.64 Å². The van der Waals surface area contributed by atoms with Crippen molar-refractivity contribution in [3.8, 4) is 0 Å². The van der Waals surface area contributed by atoms with Gasteiger partial charge in [0.1, 0.15) is 0 Å². The monoisotopic (exact) mass is 394 g/mol. The lowest BCUT2D eigenvalue weighted by Crippen LogP contribution is -2.38. The number of carbonyl (C=O) groups excluding carboxylic acids is 1. The Balaban J connectivity index is 1.81. The molecule has 0 aromatic heterocycles. The molecule has 1 aromatic rings. The SMILES string of the molecule is CCN(CC)S(=O)(=O)c1ccc2c(c1)CCCN2C(=O)CC1CCCCO1. The van der Waals surface area contributed by atoms with E-state index < -0.39 is 10.0 Å². The minimum atomic E-state index is -3.49. The summed E-state index contributed by atoms with van der Waals surface area (Å²) in [7, 11) is -3.49. The fourth-order valence-electron chi connectivity index (χ4n) is 3.98. The quantitative estimate of drug-likeness (QED) is 0.744. The van der Waals surface area contributed by atoms with Crippen molar-refractivity contribution in [3.63, 3.8) is 0 Å². The van der Waals surface area contributed by atoms with Gasteiger partial charge in [-0.05, 0) is 55.9 Å². The van der Waals surface area contributed by atoms with Crippen LogP contribution in [0.1, 0.15) is 51.5 Å². The van der Waals surface area contributed by atoms with E-state index in [1.165, 1.54) is 4.31 Å². The van der Waals surface area contributed by atoms with E-state index in [2.05, 4.69) is 0 Å². The molecule has 0 N–H and O–H groups in total. The predicted molar refractivity (Wildman–Crippen MR) is 105 cm³/mol. The molecule has 150 valence electrons. The van der Waals surface area contributed by atoms with Crippen LogP contribution in [-0.2, 0) is 26.0 Å². The highest BCUT2D eigenvalue weighted by Gasteiger charge is 2.28. The second-order valence-corrected chi connectivity index (χ2v) is 9.16. The van der Waals surface area contributed by atoms with E-state index in [9.17, 15) is 13.2 Å². The van der Waals surface area contributed by atoms with Gasteiger partial charge in [-0.1, -0.05) is 13.8 Å². The Labute approximate surface area is 162 Å². The van der Waals surface area contributed by atoms with Crippen molar-refractivity contribution in [2.75, 3.05) is 31.1 Å². The van der Waals surface area contributed by atoms with Crippen molar-refractivity contribution >= 4 is 21.6 Å². The first kappa shape index (κ1) is 20.3. The van der Waals surface area contributed by atoms with E-state index in [1.807, 2.05) is 18.7 Å². The molecule has 0 radical (unpaired) electrons. The van der Waals surface area contributed by atoms with E-state index in [4.69, 9.17) is 4.74 Å². The number of rotatable bonds is 6. The molecule has 0 saturated carbocycles. The molecule has 1 fully saturated rings. The standard InChI is InChI=1S/C20H30N2O4S/c1-3-21(4-2)27(24,25)18-10-11-19-16(14-18)8-7-12-22(19)20(23)15-17-9-5-6-13-26-17/h10-11,14,17H,3-9,12-13,15H2,1-2H3. The topological polar surface area (TPSA) is 66.9 Å². The maximum atomic E-state index is 12.8. The van der Waals surface area contributed by atoms with Crippen LogP contribution >= 0.6 is 0 Å². The molecule has 1 unspecified atom stereocenters. The summed E-state index contributed by atoms with van der Waals surface area (Å²) in [4.78, 5) is 15.0. The van der Waals surface area contributed by atoms with Gasteiger partial charge in [-0.3, -0.25) is 4.79 Å². The fraction of sp³-hybridized carbons (Fsp3) is 0.650. The number of ether oxygens (including phenoxy) is 1. The molecular weight excluding hydrogens is 364 g/mol. The highest BCUT2D eigenvalue weighted by Crippen LogP contribution is 2.31. The number of sulfonamides is 1. The lowest BCUT2D eigenvalue weighted by Gasteiger charge is -2.32. The summed E-state index contributed by atoms with van der Waals surface area (Å²) in [6.45, 7) is 5.99. The Morgan fingerprint density at radius 3 is 2.67 bits per heavy atom. The molecule has 1 aromatic carbocycles. The highest BCUT2D eigenvalue weighted by atomic mass is 32.2. The van der Waals surface area contributed by atoms with Crippen LogP contribution in [0.15, 0.2) is 23.1 Å². The maximum Gasteiger partial charge on any atom is 0.243 e. The van der Waals surface area contributed by atoms with Crippen LogP contribution in [-0.4, -0.2) is 51.0 Å². The molecule has 2 aliphatic rings. The largest absolute Gasteiger partial charge is 0.378 e. The van der Waals surface area contributed by atoms with Gasteiger partial charge in [-0.2, -0.15) is 4.31 Å². The third-order valence-corrected chi connectivity index (χ3v) is 7.54. The van der Waals surface area contributed by atoms with Gasteiger partial charge in [0, 0.05) is 31.9 Å². The molecule has 3 rings (SSSR count). The van der Waals surface area contributed by atoms with Crippen LogP contribution in [0.5, 0.6) is 0 Å². The summed E-state index contributed by atoms with van der Waals surface area (Å²) < 4.78 is 32.7. The smallest absolute Gasteiger partial charge is 0.243 e. The minimum Gasteiger partial charge on any atom is -0.378 e. The molecule has 0 aliphatic carbocycles. The first-order valence-corrected chi connectivity index (χ1v) is 11.5. The van der Waals surface area contributed by atoms with E-state index in [0.29, 0.717) is 31.0 Å². The average molecular weight is 395 g/mol. The normalized spacial score (nSPS) is 20.6. The molecule has 7 heteroatoms. The van der Waals surface area contributed by atoms with Crippen LogP contribution in [0.2, 0.25) is 0 Å². The molecule has 0 spiro atoms. The van der Waals surface area contributed by atoms with E-state index in [1.54, 1.807) is 18.2 Å². The van der Waals surface area contributed by atoms with E-state index in [-0.39, 0.29) is 12.0 Å². The number of hydrogen-bond acceptors (Lipinski definition) is 4. The molecule has 1 saturated heterocycles. The Morgan fingerprint density at radius 1 is 1.22 bits per heavy atom. The van der Waals surface area contributed by atoms with E-state index >= 15 is 0 Å². The summed E-state index contributed by atoms with van der Waals surface area (Å²) in [5.41, 5.74) is 1.79. The number of amides is 1. The van der Waals surface area contributed by atoms with Crippen LogP contribution in [0.3, 0.4) is 0 Å². The van der Waals surface area contributed by atoms with Gasteiger partial charge >= 0.3 is 0 Å². The summed E-state index contributed by atoms with van der Waals surface area (Å²) in [6.07, 6.45) is 5.17. The van der Waals surface area contributed by atoms with Crippen molar-refractivity contribution in [2.24, 2.45) is 0 Å². The van der Waals surface area contributed by atoms with Crippen molar-refractivity contribution in [1.29, 1.82) is 0 Å². The van der Waals surface area contributed by atoms with Gasteiger partial charge in [-0.15, -0.1) is 0 Å². The first-order valence-electron chi connectivity index (χ1n) is 10.0. The molecule has 2 heterocycles. The second-order valence-electron chi connectivity index (χ2n) is 7.22. The fourth-order valence-corrected chi connectivity index (χ4v) is 5.49. The van der Waals surface area contributed by atoms with Gasteiger partial charge in [0.25, 0.3) is 0 Å². The van der Waals surface area contributed by atoms with E-state index in [0.717, 1.165) is 50.0 Å². The molecule has 0 bridgehead atoms. The number of carbonyl (C=O) groups is 1. The van der Waals surface area contributed by atoms with Crippen LogP contribution in [0, 0.1) is 0 Å². The Kier molecular flexibility index (Phi) is 6.55. The number of anilines is 1. The van der Waals surface area contributed by atoms with Crippen LogP contribution in [0.4, 0.5) is 5.69 Å².